The predicted octanol–water partition coefficient (Wildman–Crippen LogP) is 4.24. The normalized spacial score (nSPS) is 20.6. The fourth-order valence-corrected chi connectivity index (χ4v) is 3.28. The average Bonchev–Trinajstić information content (AvgIpc) is 2.76. The number of hydrogen-bond acceptors (Lipinski definition) is 1. The van der Waals surface area contributed by atoms with Crippen molar-refractivity contribution in [1.29, 1.82) is 0 Å². The van der Waals surface area contributed by atoms with Gasteiger partial charge < -0.3 is 5.11 Å². The summed E-state index contributed by atoms with van der Waals surface area (Å²) in [7, 11) is 0. The molecule has 0 amide bonds. The lowest BCUT2D eigenvalue weighted by molar-refractivity contribution is 0.0371. The van der Waals surface area contributed by atoms with E-state index in [4.69, 9.17) is 0 Å². The molecule has 3 rings (SSSR count). The maximum absolute atomic E-state index is 14.1. The van der Waals surface area contributed by atoms with Crippen molar-refractivity contribution < 1.29 is 18.3 Å². The summed E-state index contributed by atoms with van der Waals surface area (Å²) >= 11 is 3.02. The van der Waals surface area contributed by atoms with Gasteiger partial charge in [0.1, 0.15) is 17.5 Å². The van der Waals surface area contributed by atoms with E-state index in [9.17, 15) is 18.3 Å². The molecular formula is C16H12BrF3O. The molecule has 2 aromatic carbocycles. The van der Waals surface area contributed by atoms with E-state index < -0.39 is 17.2 Å². The van der Waals surface area contributed by atoms with Crippen molar-refractivity contribution in [2.75, 3.05) is 0 Å². The maximum atomic E-state index is 14.1. The summed E-state index contributed by atoms with van der Waals surface area (Å²) in [6, 6.07) is 6.55. The highest BCUT2D eigenvalue weighted by Gasteiger charge is 2.38. The molecule has 0 radical (unpaired) electrons. The summed E-state index contributed by atoms with van der Waals surface area (Å²) < 4.78 is 41.3. The van der Waals surface area contributed by atoms with Crippen LogP contribution < -0.4 is 0 Å². The smallest absolute Gasteiger partial charge is 0.143 e. The molecule has 1 aliphatic rings. The first-order chi connectivity index (χ1) is 9.90. The molecule has 0 heterocycles. The molecule has 0 aromatic heterocycles. The van der Waals surface area contributed by atoms with Crippen LogP contribution in [0.3, 0.4) is 0 Å². The number of fused-ring (bicyclic) bond motifs is 1. The molecule has 0 saturated carbocycles. The summed E-state index contributed by atoms with van der Waals surface area (Å²) in [6.07, 6.45) is 0.626. The highest BCUT2D eigenvalue weighted by atomic mass is 79.9. The summed E-state index contributed by atoms with van der Waals surface area (Å²) in [4.78, 5) is 0. The van der Waals surface area contributed by atoms with Gasteiger partial charge >= 0.3 is 0 Å². The zero-order valence-electron chi connectivity index (χ0n) is 11.0. The molecule has 1 atom stereocenters. The molecule has 0 aliphatic heterocycles. The lowest BCUT2D eigenvalue weighted by atomic mass is 9.88. The van der Waals surface area contributed by atoms with Crippen molar-refractivity contribution in [3.8, 4) is 0 Å². The van der Waals surface area contributed by atoms with Crippen LogP contribution >= 0.6 is 15.9 Å². The van der Waals surface area contributed by atoms with Crippen molar-refractivity contribution in [3.63, 3.8) is 0 Å². The van der Waals surface area contributed by atoms with Gasteiger partial charge in [-0.2, -0.15) is 0 Å². The quantitative estimate of drug-likeness (QED) is 0.797. The second-order valence-corrected chi connectivity index (χ2v) is 6.19. The van der Waals surface area contributed by atoms with E-state index in [-0.39, 0.29) is 22.3 Å². The Morgan fingerprint density at radius 1 is 1.14 bits per heavy atom. The molecule has 1 nitrogen and oxygen atoms in total. The monoisotopic (exact) mass is 356 g/mol. The molecule has 2 aromatic rings. The highest BCUT2D eigenvalue weighted by Crippen LogP contribution is 2.40. The second-order valence-electron chi connectivity index (χ2n) is 5.33. The Balaban J connectivity index is 2.02. The minimum absolute atomic E-state index is 0.153. The molecule has 0 bridgehead atoms. The van der Waals surface area contributed by atoms with Gasteiger partial charge in [0.15, 0.2) is 0 Å². The largest absolute Gasteiger partial charge is 0.385 e. The van der Waals surface area contributed by atoms with Gasteiger partial charge in [0, 0.05) is 12.0 Å². The zero-order chi connectivity index (χ0) is 15.2. The summed E-state index contributed by atoms with van der Waals surface area (Å²) in [5.74, 6) is -1.78. The van der Waals surface area contributed by atoms with Crippen molar-refractivity contribution in [3.05, 3.63) is 68.9 Å². The first-order valence-electron chi connectivity index (χ1n) is 6.54. The molecule has 110 valence electrons. The summed E-state index contributed by atoms with van der Waals surface area (Å²) in [5, 5.41) is 10.8. The third-order valence-corrected chi connectivity index (χ3v) is 4.60. The van der Waals surface area contributed by atoms with Crippen molar-refractivity contribution in [2.45, 2.75) is 24.9 Å². The van der Waals surface area contributed by atoms with Crippen LogP contribution in [0, 0.1) is 17.5 Å². The lowest BCUT2D eigenvalue weighted by Crippen LogP contribution is -2.26. The van der Waals surface area contributed by atoms with Gasteiger partial charge in [-0.05, 0) is 64.2 Å². The van der Waals surface area contributed by atoms with Gasteiger partial charge in [0.25, 0.3) is 0 Å². The van der Waals surface area contributed by atoms with Crippen molar-refractivity contribution >= 4 is 15.9 Å². The van der Waals surface area contributed by atoms with Crippen molar-refractivity contribution in [1.82, 2.24) is 0 Å². The SMILES string of the molecule is OC1(Cc2c(F)ccc(Br)c2F)CCc2cc(F)ccc21. The summed E-state index contributed by atoms with van der Waals surface area (Å²) in [6.45, 7) is 0. The molecular weight excluding hydrogens is 345 g/mol. The highest BCUT2D eigenvalue weighted by molar-refractivity contribution is 9.10. The molecule has 0 spiro atoms. The fraction of sp³-hybridized carbons (Fsp3) is 0.250. The van der Waals surface area contributed by atoms with Crippen LogP contribution in [-0.4, -0.2) is 5.11 Å². The molecule has 21 heavy (non-hydrogen) atoms. The van der Waals surface area contributed by atoms with Crippen molar-refractivity contribution in [2.24, 2.45) is 0 Å². The Bertz CT molecular complexity index is 717. The summed E-state index contributed by atoms with van der Waals surface area (Å²) in [5.41, 5.74) is -0.300. The van der Waals surface area contributed by atoms with Crippen LogP contribution in [0.1, 0.15) is 23.1 Å². The Kier molecular flexibility index (Phi) is 3.58. The van der Waals surface area contributed by atoms with E-state index in [1.807, 2.05) is 0 Å². The minimum atomic E-state index is -1.37. The Labute approximate surface area is 128 Å². The fourth-order valence-electron chi connectivity index (χ4n) is 2.91. The number of benzene rings is 2. The van der Waals surface area contributed by atoms with E-state index in [2.05, 4.69) is 15.9 Å². The van der Waals surface area contributed by atoms with Crippen LogP contribution in [-0.2, 0) is 18.4 Å². The Morgan fingerprint density at radius 3 is 2.67 bits per heavy atom. The third-order valence-electron chi connectivity index (χ3n) is 3.98. The van der Waals surface area contributed by atoms with Crippen LogP contribution in [0.4, 0.5) is 13.2 Å². The topological polar surface area (TPSA) is 20.2 Å². The first kappa shape index (κ1) is 14.6. The van der Waals surface area contributed by atoms with E-state index >= 15 is 0 Å². The standard InChI is InChI=1S/C16H12BrF3O/c17-13-3-4-14(19)11(15(13)20)8-16(21)6-5-9-7-10(18)1-2-12(9)16/h1-4,7,21H,5-6,8H2. The second kappa shape index (κ2) is 5.14. The van der Waals surface area contributed by atoms with Crippen LogP contribution in [0.25, 0.3) is 0 Å². The first-order valence-corrected chi connectivity index (χ1v) is 7.34. The lowest BCUT2D eigenvalue weighted by Gasteiger charge is -2.25. The predicted molar refractivity (Wildman–Crippen MR) is 76.4 cm³/mol. The maximum Gasteiger partial charge on any atom is 0.143 e. The molecule has 1 aliphatic carbocycles. The number of rotatable bonds is 2. The Morgan fingerprint density at radius 2 is 1.90 bits per heavy atom. The molecule has 1 unspecified atom stereocenters. The Hall–Kier alpha value is -1.33. The number of hydrogen-bond donors (Lipinski definition) is 1. The zero-order valence-corrected chi connectivity index (χ0v) is 12.6. The number of aryl methyl sites for hydroxylation is 1. The molecule has 0 saturated heterocycles. The minimum Gasteiger partial charge on any atom is -0.385 e. The number of halogens is 4. The van der Waals surface area contributed by atoms with Gasteiger partial charge in [0.2, 0.25) is 0 Å². The van der Waals surface area contributed by atoms with Gasteiger partial charge in [0.05, 0.1) is 10.1 Å². The molecule has 0 fully saturated rings. The molecule has 1 N–H and O–H groups in total. The van der Waals surface area contributed by atoms with Crippen LogP contribution in [0.5, 0.6) is 0 Å². The average molecular weight is 357 g/mol. The van der Waals surface area contributed by atoms with Crippen LogP contribution in [0.2, 0.25) is 0 Å². The van der Waals surface area contributed by atoms with E-state index in [0.29, 0.717) is 24.0 Å². The van der Waals surface area contributed by atoms with Gasteiger partial charge in [-0.15, -0.1) is 0 Å². The van der Waals surface area contributed by atoms with E-state index in [0.717, 1.165) is 6.07 Å². The van der Waals surface area contributed by atoms with Gasteiger partial charge in [-0.25, -0.2) is 13.2 Å². The van der Waals surface area contributed by atoms with E-state index in [1.54, 1.807) is 0 Å². The van der Waals surface area contributed by atoms with Crippen LogP contribution in [0.15, 0.2) is 34.8 Å². The van der Waals surface area contributed by atoms with Gasteiger partial charge in [-0.3, -0.25) is 0 Å². The third kappa shape index (κ3) is 2.49. The van der Waals surface area contributed by atoms with E-state index in [1.165, 1.54) is 24.3 Å². The molecule has 5 heteroatoms. The van der Waals surface area contributed by atoms with Gasteiger partial charge in [-0.1, -0.05) is 6.07 Å². The number of aliphatic hydroxyl groups is 1.